The zero-order valence-electron chi connectivity index (χ0n) is 15.1. The van der Waals surface area contributed by atoms with Crippen LogP contribution in [0, 0.1) is 17.8 Å². The van der Waals surface area contributed by atoms with Crippen molar-refractivity contribution in [3.63, 3.8) is 0 Å². The number of pyridine rings is 1. The highest BCUT2D eigenvalue weighted by Gasteiger charge is 2.44. The Morgan fingerprint density at radius 3 is 3.00 bits per heavy atom. The van der Waals surface area contributed by atoms with Crippen molar-refractivity contribution < 1.29 is 9.53 Å². The van der Waals surface area contributed by atoms with Crippen LogP contribution in [0.15, 0.2) is 24.4 Å². The third kappa shape index (κ3) is 3.58. The fourth-order valence-corrected chi connectivity index (χ4v) is 5.02. The molecule has 2 saturated heterocycles. The molecule has 4 atom stereocenters. The van der Waals surface area contributed by atoms with Gasteiger partial charge in [-0.1, -0.05) is 12.5 Å². The molecule has 25 heavy (non-hydrogen) atoms. The second kappa shape index (κ2) is 7.42. The van der Waals surface area contributed by atoms with Gasteiger partial charge in [0, 0.05) is 38.5 Å². The molecule has 0 radical (unpaired) electrons. The normalized spacial score (nSPS) is 32.2. The Kier molecular flexibility index (Phi) is 5.04. The second-order valence-corrected chi connectivity index (χ2v) is 7.96. The summed E-state index contributed by atoms with van der Waals surface area (Å²) >= 11 is 0. The summed E-state index contributed by atoms with van der Waals surface area (Å²) in [6.07, 6.45) is 6.54. The van der Waals surface area contributed by atoms with Crippen molar-refractivity contribution >= 4 is 5.91 Å². The van der Waals surface area contributed by atoms with Crippen LogP contribution in [0.4, 0.5) is 0 Å². The van der Waals surface area contributed by atoms with E-state index in [0.717, 1.165) is 38.4 Å². The van der Waals surface area contributed by atoms with Gasteiger partial charge in [-0.15, -0.1) is 0 Å². The molecule has 2 aliphatic heterocycles. The van der Waals surface area contributed by atoms with Gasteiger partial charge < -0.3 is 9.64 Å². The minimum absolute atomic E-state index is 0.102. The standard InChI is InChI=1S/C20H29N3O2/c1-22(12-17-6-2-3-9-21-17)19-7-4-5-15-11-23(13-18(15)19)20(24)16-8-10-25-14-16/h2-3,6,9,15-16,18-19H,4-5,7-8,10-14H2,1H3/t15-,16?,18+,19?/m1/s1. The highest BCUT2D eigenvalue weighted by atomic mass is 16.5. The van der Waals surface area contributed by atoms with Crippen LogP contribution in [0.5, 0.6) is 0 Å². The number of nitrogens with zero attached hydrogens (tertiary/aromatic N) is 3. The quantitative estimate of drug-likeness (QED) is 0.841. The smallest absolute Gasteiger partial charge is 0.228 e. The molecule has 0 aromatic carbocycles. The highest BCUT2D eigenvalue weighted by molar-refractivity contribution is 5.79. The molecular weight excluding hydrogens is 314 g/mol. The fourth-order valence-electron chi connectivity index (χ4n) is 5.02. The molecule has 1 aliphatic carbocycles. The predicted molar refractivity (Wildman–Crippen MR) is 95.8 cm³/mol. The van der Waals surface area contributed by atoms with Crippen molar-refractivity contribution in [3.05, 3.63) is 30.1 Å². The molecule has 3 fully saturated rings. The molecule has 1 amide bonds. The van der Waals surface area contributed by atoms with Crippen LogP contribution in [0.1, 0.15) is 31.4 Å². The van der Waals surface area contributed by atoms with Crippen molar-refractivity contribution in [1.29, 1.82) is 0 Å². The molecule has 0 N–H and O–H groups in total. The van der Waals surface area contributed by atoms with E-state index in [9.17, 15) is 4.79 Å². The summed E-state index contributed by atoms with van der Waals surface area (Å²) < 4.78 is 5.42. The highest BCUT2D eigenvalue weighted by Crippen LogP contribution is 2.39. The van der Waals surface area contributed by atoms with Crippen LogP contribution >= 0.6 is 0 Å². The Morgan fingerprint density at radius 2 is 2.24 bits per heavy atom. The summed E-state index contributed by atoms with van der Waals surface area (Å²) in [7, 11) is 2.22. The maximum Gasteiger partial charge on any atom is 0.228 e. The van der Waals surface area contributed by atoms with E-state index in [1.807, 2.05) is 12.3 Å². The van der Waals surface area contributed by atoms with E-state index in [1.54, 1.807) is 0 Å². The zero-order valence-corrected chi connectivity index (χ0v) is 15.1. The summed E-state index contributed by atoms with van der Waals surface area (Å²) in [5, 5.41) is 0. The van der Waals surface area contributed by atoms with Crippen LogP contribution in [-0.4, -0.2) is 60.1 Å². The minimum Gasteiger partial charge on any atom is -0.381 e. The third-order valence-corrected chi connectivity index (χ3v) is 6.35. The number of amides is 1. The van der Waals surface area contributed by atoms with Crippen LogP contribution in [0.25, 0.3) is 0 Å². The van der Waals surface area contributed by atoms with Crippen molar-refractivity contribution in [2.45, 2.75) is 38.3 Å². The van der Waals surface area contributed by atoms with Gasteiger partial charge in [-0.2, -0.15) is 0 Å². The van der Waals surface area contributed by atoms with Gasteiger partial charge in [0.05, 0.1) is 18.2 Å². The van der Waals surface area contributed by atoms with Crippen molar-refractivity contribution in [2.75, 3.05) is 33.4 Å². The Labute approximate surface area is 150 Å². The average molecular weight is 343 g/mol. The number of hydrogen-bond donors (Lipinski definition) is 0. The van der Waals surface area contributed by atoms with E-state index in [1.165, 1.54) is 19.3 Å². The summed E-state index contributed by atoms with van der Waals surface area (Å²) in [6.45, 7) is 4.13. The van der Waals surface area contributed by atoms with Gasteiger partial charge in [0.1, 0.15) is 0 Å². The number of carbonyl (C=O) groups excluding carboxylic acids is 1. The van der Waals surface area contributed by atoms with Crippen LogP contribution in [0.3, 0.4) is 0 Å². The van der Waals surface area contributed by atoms with Crippen molar-refractivity contribution in [1.82, 2.24) is 14.8 Å². The van der Waals surface area contributed by atoms with Crippen molar-refractivity contribution in [2.24, 2.45) is 17.8 Å². The minimum atomic E-state index is 0.102. The maximum atomic E-state index is 12.8. The average Bonchev–Trinajstić information content (AvgIpc) is 3.31. The predicted octanol–water partition coefficient (Wildman–Crippen LogP) is 2.18. The molecule has 136 valence electrons. The summed E-state index contributed by atoms with van der Waals surface area (Å²) in [4.78, 5) is 21.9. The first kappa shape index (κ1) is 17.0. The van der Waals surface area contributed by atoms with E-state index < -0.39 is 0 Å². The van der Waals surface area contributed by atoms with Gasteiger partial charge in [-0.3, -0.25) is 14.7 Å². The van der Waals surface area contributed by atoms with Gasteiger partial charge in [-0.25, -0.2) is 0 Å². The number of aromatic nitrogens is 1. The molecule has 1 aromatic rings. The first-order valence-electron chi connectivity index (χ1n) is 9.69. The summed E-state index contributed by atoms with van der Waals surface area (Å²) in [6, 6.07) is 6.67. The molecule has 1 saturated carbocycles. The zero-order chi connectivity index (χ0) is 17.2. The molecule has 2 unspecified atom stereocenters. The van der Waals surface area contributed by atoms with E-state index >= 15 is 0 Å². The molecule has 0 spiro atoms. The fraction of sp³-hybridized carbons (Fsp3) is 0.700. The molecule has 0 bridgehead atoms. The molecular formula is C20H29N3O2. The Bertz CT molecular complexity index is 588. The lowest BCUT2D eigenvalue weighted by Crippen LogP contribution is -2.43. The largest absolute Gasteiger partial charge is 0.381 e. The van der Waals surface area contributed by atoms with Crippen molar-refractivity contribution in [3.8, 4) is 0 Å². The van der Waals surface area contributed by atoms with Gasteiger partial charge in [-0.05, 0) is 50.3 Å². The molecule has 4 rings (SSSR count). The lowest BCUT2D eigenvalue weighted by Gasteiger charge is -2.38. The SMILES string of the molecule is CN(Cc1ccccn1)C1CCC[C@@H]2CN(C(=O)C3CCOC3)C[C@H]12. The molecule has 1 aromatic heterocycles. The van der Waals surface area contributed by atoms with Crippen LogP contribution < -0.4 is 0 Å². The number of carbonyl (C=O) groups is 1. The first-order chi connectivity index (χ1) is 12.2. The lowest BCUT2D eigenvalue weighted by molar-refractivity contribution is -0.134. The number of rotatable bonds is 4. The van der Waals surface area contributed by atoms with E-state index in [2.05, 4.69) is 34.0 Å². The molecule has 5 nitrogen and oxygen atoms in total. The Morgan fingerprint density at radius 1 is 1.32 bits per heavy atom. The van der Waals surface area contributed by atoms with Crippen LogP contribution in [0.2, 0.25) is 0 Å². The number of likely N-dealkylation sites (tertiary alicyclic amines) is 1. The van der Waals surface area contributed by atoms with Gasteiger partial charge in [0.2, 0.25) is 5.91 Å². The van der Waals surface area contributed by atoms with Gasteiger partial charge in [0.15, 0.2) is 0 Å². The van der Waals surface area contributed by atoms with E-state index in [4.69, 9.17) is 4.74 Å². The first-order valence-corrected chi connectivity index (χ1v) is 9.69. The third-order valence-electron chi connectivity index (χ3n) is 6.35. The molecule has 3 aliphatic rings. The topological polar surface area (TPSA) is 45.7 Å². The number of ether oxygens (including phenoxy) is 1. The maximum absolute atomic E-state index is 12.8. The van der Waals surface area contributed by atoms with Gasteiger partial charge in [0.25, 0.3) is 0 Å². The number of fused-ring (bicyclic) bond motifs is 1. The monoisotopic (exact) mass is 343 g/mol. The van der Waals surface area contributed by atoms with Crippen LogP contribution in [-0.2, 0) is 16.1 Å². The molecule has 5 heteroatoms. The second-order valence-electron chi connectivity index (χ2n) is 7.96. The summed E-state index contributed by atoms with van der Waals surface area (Å²) in [5.41, 5.74) is 1.13. The van der Waals surface area contributed by atoms with E-state index in [-0.39, 0.29) is 5.92 Å². The Hall–Kier alpha value is -1.46. The van der Waals surface area contributed by atoms with E-state index in [0.29, 0.717) is 30.4 Å². The van der Waals surface area contributed by atoms with Gasteiger partial charge >= 0.3 is 0 Å². The molecule has 3 heterocycles. The Balaban J connectivity index is 1.41. The number of hydrogen-bond acceptors (Lipinski definition) is 4. The summed E-state index contributed by atoms with van der Waals surface area (Å²) in [5.74, 6) is 1.70. The lowest BCUT2D eigenvalue weighted by atomic mass is 9.77.